The van der Waals surface area contributed by atoms with Gasteiger partial charge in [-0.1, -0.05) is 0 Å². The van der Waals surface area contributed by atoms with Crippen LogP contribution in [-0.2, 0) is 19.6 Å². The van der Waals surface area contributed by atoms with Gasteiger partial charge in [0.25, 0.3) is 0 Å². The van der Waals surface area contributed by atoms with E-state index < -0.39 is 16.0 Å². The number of carbonyl (C=O) groups excluding carboxylic acids is 1. The van der Waals surface area contributed by atoms with E-state index in [-0.39, 0.29) is 30.3 Å². The lowest BCUT2D eigenvalue weighted by Crippen LogP contribution is -2.26. The molecule has 0 aliphatic carbocycles. The van der Waals surface area contributed by atoms with Gasteiger partial charge >= 0.3 is 5.97 Å². The van der Waals surface area contributed by atoms with E-state index in [2.05, 4.69) is 14.4 Å². The summed E-state index contributed by atoms with van der Waals surface area (Å²) in [7, 11) is -3.66. The Morgan fingerprint density at radius 2 is 2.22 bits per heavy atom. The van der Waals surface area contributed by atoms with Gasteiger partial charge in [0.1, 0.15) is 10.7 Å². The number of nitrogens with zero attached hydrogens (tertiary/aromatic N) is 1. The molecule has 8 heteroatoms. The van der Waals surface area contributed by atoms with Crippen LogP contribution in [0.25, 0.3) is 0 Å². The molecule has 1 aromatic rings. The molecule has 100 valence electrons. The van der Waals surface area contributed by atoms with Crippen LogP contribution >= 0.6 is 0 Å². The summed E-state index contributed by atoms with van der Waals surface area (Å²) in [5, 5.41) is 0. The van der Waals surface area contributed by atoms with Crippen molar-refractivity contribution in [2.45, 2.75) is 18.2 Å². The average Bonchev–Trinajstić information content (AvgIpc) is 2.29. The molecule has 0 fully saturated rings. The first-order valence-electron chi connectivity index (χ1n) is 5.32. The molecule has 0 bridgehead atoms. The van der Waals surface area contributed by atoms with Gasteiger partial charge in [0.2, 0.25) is 10.0 Å². The van der Waals surface area contributed by atoms with E-state index in [4.69, 9.17) is 5.73 Å². The van der Waals surface area contributed by atoms with Crippen LogP contribution in [0.2, 0.25) is 0 Å². The predicted molar refractivity (Wildman–Crippen MR) is 65.1 cm³/mol. The number of nitrogens with two attached hydrogens (primary N) is 1. The van der Waals surface area contributed by atoms with E-state index >= 15 is 0 Å². The number of pyridine rings is 1. The number of anilines is 1. The van der Waals surface area contributed by atoms with Crippen molar-refractivity contribution >= 4 is 21.8 Å². The maximum absolute atomic E-state index is 11.7. The molecular formula is C10H15N3O4S. The monoisotopic (exact) mass is 273 g/mol. The number of esters is 1. The molecule has 0 atom stereocenters. The molecule has 0 unspecified atom stereocenters. The Kier molecular flexibility index (Phi) is 5.05. The normalized spacial score (nSPS) is 11.2. The van der Waals surface area contributed by atoms with Crippen LogP contribution in [0.1, 0.15) is 13.3 Å². The van der Waals surface area contributed by atoms with Crippen molar-refractivity contribution < 1.29 is 17.9 Å². The highest BCUT2D eigenvalue weighted by Gasteiger charge is 2.14. The molecule has 0 aromatic carbocycles. The number of nitrogens with one attached hydrogen (secondary N) is 1. The van der Waals surface area contributed by atoms with E-state index in [0.717, 1.165) is 6.20 Å². The Morgan fingerprint density at radius 3 is 2.78 bits per heavy atom. The number of sulfonamides is 1. The average molecular weight is 273 g/mol. The summed E-state index contributed by atoms with van der Waals surface area (Å²) in [6.07, 6.45) is 1.14. The Labute approximate surface area is 105 Å². The summed E-state index contributed by atoms with van der Waals surface area (Å²) < 4.78 is 30.4. The van der Waals surface area contributed by atoms with E-state index in [9.17, 15) is 13.2 Å². The van der Waals surface area contributed by atoms with Crippen LogP contribution in [0.3, 0.4) is 0 Å². The number of carbonyl (C=O) groups is 1. The first-order valence-corrected chi connectivity index (χ1v) is 6.81. The molecule has 0 saturated carbocycles. The van der Waals surface area contributed by atoms with Gasteiger partial charge in [0, 0.05) is 12.7 Å². The fourth-order valence-corrected chi connectivity index (χ4v) is 2.13. The fraction of sp³-hybridized carbons (Fsp3) is 0.400. The predicted octanol–water partition coefficient (Wildman–Crippen LogP) is -0.105. The number of hydrogen-bond donors (Lipinski definition) is 2. The van der Waals surface area contributed by atoms with Gasteiger partial charge in [0.15, 0.2) is 0 Å². The molecule has 1 heterocycles. The van der Waals surface area contributed by atoms with Crippen molar-refractivity contribution in [1.29, 1.82) is 0 Å². The van der Waals surface area contributed by atoms with Gasteiger partial charge in [-0.05, 0) is 19.1 Å². The molecule has 18 heavy (non-hydrogen) atoms. The molecule has 0 amide bonds. The van der Waals surface area contributed by atoms with Crippen molar-refractivity contribution in [1.82, 2.24) is 9.71 Å². The highest BCUT2D eigenvalue weighted by Crippen LogP contribution is 2.08. The Hall–Kier alpha value is -1.67. The van der Waals surface area contributed by atoms with Gasteiger partial charge in [-0.25, -0.2) is 18.1 Å². The van der Waals surface area contributed by atoms with Crippen molar-refractivity contribution in [2.75, 3.05) is 18.9 Å². The van der Waals surface area contributed by atoms with Crippen LogP contribution in [0, 0.1) is 0 Å². The Morgan fingerprint density at radius 1 is 1.50 bits per heavy atom. The fourth-order valence-electron chi connectivity index (χ4n) is 1.15. The SMILES string of the molecule is CCOC(=O)CCNS(=O)(=O)c1ccc(N)nc1. The zero-order valence-electron chi connectivity index (χ0n) is 9.92. The number of ether oxygens (including phenoxy) is 1. The zero-order chi connectivity index (χ0) is 13.6. The molecule has 0 saturated heterocycles. The minimum absolute atomic E-state index is 0.000517. The molecule has 0 aliphatic rings. The third-order valence-corrected chi connectivity index (χ3v) is 3.44. The molecule has 3 N–H and O–H groups in total. The summed E-state index contributed by atoms with van der Waals surface area (Å²) in [4.78, 5) is 14.7. The summed E-state index contributed by atoms with van der Waals surface area (Å²) >= 11 is 0. The first-order chi connectivity index (χ1) is 8.45. The van der Waals surface area contributed by atoms with E-state index in [1.807, 2.05) is 0 Å². The molecule has 0 radical (unpaired) electrons. The van der Waals surface area contributed by atoms with Crippen LogP contribution in [0.15, 0.2) is 23.2 Å². The second-order valence-electron chi connectivity index (χ2n) is 3.37. The summed E-state index contributed by atoms with van der Waals surface area (Å²) in [5.41, 5.74) is 5.36. The van der Waals surface area contributed by atoms with Gasteiger partial charge < -0.3 is 10.5 Å². The third-order valence-electron chi connectivity index (χ3n) is 2.00. The van der Waals surface area contributed by atoms with E-state index in [1.54, 1.807) is 6.92 Å². The molecule has 0 spiro atoms. The highest BCUT2D eigenvalue weighted by atomic mass is 32.2. The van der Waals surface area contributed by atoms with Crippen molar-refractivity contribution in [2.24, 2.45) is 0 Å². The highest BCUT2D eigenvalue weighted by molar-refractivity contribution is 7.89. The lowest BCUT2D eigenvalue weighted by Gasteiger charge is -2.06. The second-order valence-corrected chi connectivity index (χ2v) is 5.14. The summed E-state index contributed by atoms with van der Waals surface area (Å²) in [5.74, 6) is -0.212. The summed E-state index contributed by atoms with van der Waals surface area (Å²) in [6, 6.07) is 2.73. The quantitative estimate of drug-likeness (QED) is 0.700. The number of hydrogen-bond acceptors (Lipinski definition) is 6. The van der Waals surface area contributed by atoms with Crippen molar-refractivity contribution in [3.8, 4) is 0 Å². The van der Waals surface area contributed by atoms with Gasteiger partial charge in [0.05, 0.1) is 13.0 Å². The lowest BCUT2D eigenvalue weighted by molar-refractivity contribution is -0.142. The van der Waals surface area contributed by atoms with Gasteiger partial charge in [-0.3, -0.25) is 4.79 Å². The molecule has 7 nitrogen and oxygen atoms in total. The molecule has 1 aromatic heterocycles. The Balaban J connectivity index is 2.55. The van der Waals surface area contributed by atoms with Gasteiger partial charge in [-0.15, -0.1) is 0 Å². The molecule has 1 rings (SSSR count). The largest absolute Gasteiger partial charge is 0.466 e. The third kappa shape index (κ3) is 4.30. The van der Waals surface area contributed by atoms with Crippen molar-refractivity contribution in [3.05, 3.63) is 18.3 Å². The van der Waals surface area contributed by atoms with Crippen LogP contribution in [0.5, 0.6) is 0 Å². The van der Waals surface area contributed by atoms with Crippen LogP contribution < -0.4 is 10.5 Å². The number of nitrogen functional groups attached to an aromatic ring is 1. The number of aromatic nitrogens is 1. The minimum atomic E-state index is -3.66. The van der Waals surface area contributed by atoms with Gasteiger partial charge in [-0.2, -0.15) is 0 Å². The van der Waals surface area contributed by atoms with E-state index in [1.165, 1.54) is 12.1 Å². The lowest BCUT2D eigenvalue weighted by atomic mass is 10.4. The first kappa shape index (κ1) is 14.4. The standard InChI is InChI=1S/C10H15N3O4S/c1-2-17-10(14)5-6-13-18(15,16)8-3-4-9(11)12-7-8/h3-4,7,13H,2,5-6H2,1H3,(H2,11,12). The van der Waals surface area contributed by atoms with Crippen LogP contribution in [0.4, 0.5) is 5.82 Å². The summed E-state index contributed by atoms with van der Waals surface area (Å²) in [6.45, 7) is 1.93. The Bertz CT molecular complexity index is 498. The zero-order valence-corrected chi connectivity index (χ0v) is 10.7. The maximum atomic E-state index is 11.7. The minimum Gasteiger partial charge on any atom is -0.466 e. The molecular weight excluding hydrogens is 258 g/mol. The molecule has 0 aliphatic heterocycles. The van der Waals surface area contributed by atoms with Crippen molar-refractivity contribution in [3.63, 3.8) is 0 Å². The maximum Gasteiger partial charge on any atom is 0.307 e. The topological polar surface area (TPSA) is 111 Å². The van der Waals surface area contributed by atoms with Crippen LogP contribution in [-0.4, -0.2) is 32.5 Å². The second kappa shape index (κ2) is 6.31. The number of rotatable bonds is 6. The smallest absolute Gasteiger partial charge is 0.307 e. The van der Waals surface area contributed by atoms with E-state index in [0.29, 0.717) is 0 Å².